The molecule has 0 amide bonds. The topological polar surface area (TPSA) is 117 Å². The van der Waals surface area contributed by atoms with Crippen molar-refractivity contribution in [1.82, 2.24) is 0 Å². The minimum absolute atomic E-state index is 0.0536. The zero-order chi connectivity index (χ0) is 22.1. The number of carbonyl (C=O) groups excluding carboxylic acids is 3. The number of esters is 3. The number of allylic oxidation sites excluding steroid dienone is 1. The first kappa shape index (κ1) is 21.9. The van der Waals surface area contributed by atoms with Gasteiger partial charge in [0.1, 0.15) is 22.7 Å². The molecule has 2 aliphatic heterocycles. The van der Waals surface area contributed by atoms with Gasteiger partial charge in [0.25, 0.3) is 0 Å². The van der Waals surface area contributed by atoms with Gasteiger partial charge in [-0.1, -0.05) is 29.3 Å². The molecule has 8 nitrogen and oxygen atoms in total. The van der Waals surface area contributed by atoms with Gasteiger partial charge in [0.15, 0.2) is 5.41 Å². The molecule has 0 bridgehead atoms. The van der Waals surface area contributed by atoms with Crippen LogP contribution < -0.4 is 11.1 Å². The van der Waals surface area contributed by atoms with Gasteiger partial charge in [-0.25, -0.2) is 14.4 Å². The maximum atomic E-state index is 13.3. The number of carbonyl (C=O) groups is 3. The van der Waals surface area contributed by atoms with E-state index in [1.807, 2.05) is 6.92 Å². The lowest BCUT2D eigenvalue weighted by atomic mass is 9.67. The predicted octanol–water partition coefficient (Wildman–Crippen LogP) is 3.02. The van der Waals surface area contributed by atoms with Crippen molar-refractivity contribution in [2.75, 3.05) is 18.5 Å². The van der Waals surface area contributed by atoms with E-state index in [9.17, 15) is 14.4 Å². The molecule has 2 heterocycles. The van der Waals surface area contributed by atoms with Crippen molar-refractivity contribution in [3.05, 3.63) is 51.0 Å². The third-order valence-corrected chi connectivity index (χ3v) is 5.49. The Kier molecular flexibility index (Phi) is 6.21. The van der Waals surface area contributed by atoms with E-state index in [2.05, 4.69) is 21.2 Å². The Morgan fingerprint density at radius 1 is 1.20 bits per heavy atom. The molecule has 1 atom stereocenters. The summed E-state index contributed by atoms with van der Waals surface area (Å²) >= 11 is 3.39. The monoisotopic (exact) mass is 478 g/mol. The molecular weight excluding hydrogens is 456 g/mol. The van der Waals surface area contributed by atoms with Crippen molar-refractivity contribution in [3.63, 3.8) is 0 Å². The molecule has 0 aromatic heterocycles. The summed E-state index contributed by atoms with van der Waals surface area (Å²) < 4.78 is 16.6. The molecule has 0 saturated heterocycles. The van der Waals surface area contributed by atoms with Gasteiger partial charge < -0.3 is 25.3 Å². The Morgan fingerprint density at radius 3 is 2.57 bits per heavy atom. The molecular formula is C21H23BrN2O6. The summed E-state index contributed by atoms with van der Waals surface area (Å²) in [6.45, 7) is 5.32. The van der Waals surface area contributed by atoms with Crippen molar-refractivity contribution in [1.29, 1.82) is 0 Å². The highest BCUT2D eigenvalue weighted by atomic mass is 79.9. The molecule has 0 unspecified atom stereocenters. The molecule has 2 aliphatic rings. The molecule has 0 aliphatic carbocycles. The number of nitrogens with two attached hydrogens (primary N) is 1. The predicted molar refractivity (Wildman–Crippen MR) is 112 cm³/mol. The van der Waals surface area contributed by atoms with Crippen molar-refractivity contribution in [2.24, 2.45) is 5.73 Å². The van der Waals surface area contributed by atoms with Crippen molar-refractivity contribution < 1.29 is 28.6 Å². The first-order chi connectivity index (χ1) is 14.3. The Hall–Kier alpha value is -2.81. The number of benzene rings is 1. The number of hydrogen-bond acceptors (Lipinski definition) is 8. The largest absolute Gasteiger partial charge is 0.462 e. The minimum Gasteiger partial charge on any atom is -0.462 e. The lowest BCUT2D eigenvalue weighted by Gasteiger charge is -2.36. The van der Waals surface area contributed by atoms with E-state index in [0.29, 0.717) is 22.1 Å². The van der Waals surface area contributed by atoms with Crippen LogP contribution in [-0.4, -0.2) is 31.1 Å². The van der Waals surface area contributed by atoms with Crippen molar-refractivity contribution in [2.45, 2.75) is 39.0 Å². The number of unbranched alkanes of at least 4 members (excludes halogenated alkanes) is 1. The maximum absolute atomic E-state index is 13.3. The molecule has 0 radical (unpaired) electrons. The Morgan fingerprint density at radius 2 is 1.90 bits per heavy atom. The van der Waals surface area contributed by atoms with Crippen LogP contribution in [0, 0.1) is 0 Å². The van der Waals surface area contributed by atoms with Crippen LogP contribution in [0.1, 0.15) is 39.2 Å². The molecule has 3 N–H and O–H groups in total. The van der Waals surface area contributed by atoms with E-state index < -0.39 is 23.3 Å². The molecule has 30 heavy (non-hydrogen) atoms. The Labute approximate surface area is 182 Å². The maximum Gasteiger partial charge on any atom is 0.339 e. The molecule has 0 saturated carbocycles. The van der Waals surface area contributed by atoms with Crippen LogP contribution in [0.2, 0.25) is 0 Å². The zero-order valence-electron chi connectivity index (χ0n) is 17.0. The lowest BCUT2D eigenvalue weighted by Crippen LogP contribution is -2.48. The number of hydrogen-bond donors (Lipinski definition) is 2. The van der Waals surface area contributed by atoms with Crippen LogP contribution in [0.15, 0.2) is 45.4 Å². The quantitative estimate of drug-likeness (QED) is 0.364. The summed E-state index contributed by atoms with van der Waals surface area (Å²) in [6, 6.07) is 5.09. The second-order valence-corrected chi connectivity index (χ2v) is 7.80. The highest BCUT2D eigenvalue weighted by molar-refractivity contribution is 9.10. The normalized spacial score (nSPS) is 20.1. The van der Waals surface area contributed by atoms with E-state index in [0.717, 1.165) is 6.42 Å². The van der Waals surface area contributed by atoms with Gasteiger partial charge in [0, 0.05) is 15.7 Å². The number of rotatable bonds is 6. The second-order valence-electron chi connectivity index (χ2n) is 6.88. The number of nitrogens with one attached hydrogen (secondary N) is 1. The molecule has 160 valence electrons. The van der Waals surface area contributed by atoms with Gasteiger partial charge in [-0.2, -0.15) is 0 Å². The van der Waals surface area contributed by atoms with E-state index in [1.165, 1.54) is 6.92 Å². The van der Waals surface area contributed by atoms with E-state index in [4.69, 9.17) is 19.9 Å². The Balaban J connectivity index is 2.30. The summed E-state index contributed by atoms with van der Waals surface area (Å²) in [7, 11) is 0. The van der Waals surface area contributed by atoms with Crippen LogP contribution in [0.5, 0.6) is 0 Å². The van der Waals surface area contributed by atoms with Gasteiger partial charge in [-0.3, -0.25) is 0 Å². The third-order valence-electron chi connectivity index (χ3n) is 4.99. The fourth-order valence-corrected chi connectivity index (χ4v) is 4.09. The van der Waals surface area contributed by atoms with E-state index >= 15 is 0 Å². The van der Waals surface area contributed by atoms with Crippen molar-refractivity contribution in [3.8, 4) is 0 Å². The fourth-order valence-electron chi connectivity index (χ4n) is 3.73. The smallest absolute Gasteiger partial charge is 0.339 e. The highest BCUT2D eigenvalue weighted by Crippen LogP contribution is 2.53. The van der Waals surface area contributed by atoms with E-state index in [1.54, 1.807) is 25.1 Å². The lowest BCUT2D eigenvalue weighted by molar-refractivity contribution is -0.147. The number of fused-ring (bicyclic) bond motifs is 2. The van der Waals surface area contributed by atoms with Gasteiger partial charge >= 0.3 is 17.9 Å². The summed E-state index contributed by atoms with van der Waals surface area (Å²) in [5.74, 6) is -2.40. The number of ether oxygens (including phenoxy) is 3. The number of anilines is 1. The van der Waals surface area contributed by atoms with Crippen LogP contribution in [-0.2, 0) is 34.0 Å². The van der Waals surface area contributed by atoms with Crippen LogP contribution in [0.25, 0.3) is 0 Å². The van der Waals surface area contributed by atoms with Gasteiger partial charge in [0.2, 0.25) is 0 Å². The van der Waals surface area contributed by atoms with Gasteiger partial charge in [-0.05, 0) is 38.5 Å². The first-order valence-corrected chi connectivity index (χ1v) is 10.4. The van der Waals surface area contributed by atoms with E-state index in [-0.39, 0.29) is 35.9 Å². The molecule has 0 fully saturated rings. The summed E-state index contributed by atoms with van der Waals surface area (Å²) in [6.07, 6.45) is 1.46. The Bertz CT molecular complexity index is 984. The van der Waals surface area contributed by atoms with Gasteiger partial charge in [-0.15, -0.1) is 0 Å². The zero-order valence-corrected chi connectivity index (χ0v) is 18.6. The fraction of sp³-hybridized carbons (Fsp3) is 0.381. The SMILES string of the molecule is CCCCOC(=O)C1=C(N)Nc2ccc(Br)cc2[C@@]12C(=O)OC(C)=C2C(=O)OCC. The standard InChI is InChI=1S/C21H23BrN2O6/c1-4-6-9-29-19(26)16-17(23)24-14-8-7-12(22)10-13(14)21(16)15(18(25)28-5-2)11(3)30-20(21)27/h7-8,10,24H,4-6,9,23H2,1-3H3/t21-/m0/s1. The molecule has 1 aromatic carbocycles. The van der Waals surface area contributed by atoms with Crippen molar-refractivity contribution >= 4 is 39.5 Å². The average molecular weight is 479 g/mol. The summed E-state index contributed by atoms with van der Waals surface area (Å²) in [4.78, 5) is 39.4. The number of cyclic esters (lactones) is 1. The highest BCUT2D eigenvalue weighted by Gasteiger charge is 2.62. The molecule has 3 rings (SSSR count). The third kappa shape index (κ3) is 3.36. The molecule has 9 heteroatoms. The minimum atomic E-state index is -1.89. The summed E-state index contributed by atoms with van der Waals surface area (Å²) in [5.41, 5.74) is 4.86. The van der Waals surface area contributed by atoms with Crippen LogP contribution in [0.3, 0.4) is 0 Å². The first-order valence-electron chi connectivity index (χ1n) is 9.64. The summed E-state index contributed by atoms with van der Waals surface area (Å²) in [5, 5.41) is 2.94. The van der Waals surface area contributed by atoms with Crippen LogP contribution in [0.4, 0.5) is 5.69 Å². The average Bonchev–Trinajstić information content (AvgIpc) is 2.93. The molecule has 1 aromatic rings. The molecule has 1 spiro atoms. The van der Waals surface area contributed by atoms with Gasteiger partial charge in [0.05, 0.1) is 13.2 Å². The second kappa shape index (κ2) is 8.51. The number of halogens is 1. The van der Waals surface area contributed by atoms with Crippen LogP contribution >= 0.6 is 15.9 Å².